The van der Waals surface area contributed by atoms with Gasteiger partial charge in [0, 0.05) is 37.6 Å². The summed E-state index contributed by atoms with van der Waals surface area (Å²) >= 11 is 0. The number of hydrogen-bond donors (Lipinski definition) is 2. The number of hydrogen-bond acceptors (Lipinski definition) is 7. The van der Waals surface area contributed by atoms with Crippen molar-refractivity contribution in [2.75, 3.05) is 13.1 Å². The molecular weight excluding hydrogens is 446 g/mol. The quantitative estimate of drug-likeness (QED) is 0.572. The van der Waals surface area contributed by atoms with Gasteiger partial charge in [-0.2, -0.15) is 0 Å². The summed E-state index contributed by atoms with van der Waals surface area (Å²) < 4.78 is 32.2. The number of benzene rings is 1. The van der Waals surface area contributed by atoms with Crippen LogP contribution in [-0.4, -0.2) is 45.0 Å². The van der Waals surface area contributed by atoms with Gasteiger partial charge in [0.25, 0.3) is 5.91 Å². The van der Waals surface area contributed by atoms with Crippen molar-refractivity contribution in [2.24, 2.45) is 5.92 Å². The first kappa shape index (κ1) is 22.1. The van der Waals surface area contributed by atoms with Gasteiger partial charge in [-0.3, -0.25) is 15.0 Å². The number of halogens is 2. The fourth-order valence-electron chi connectivity index (χ4n) is 4.11. The van der Waals surface area contributed by atoms with E-state index >= 15 is 0 Å². The first-order valence-corrected chi connectivity index (χ1v) is 11.0. The van der Waals surface area contributed by atoms with Gasteiger partial charge in [-0.25, -0.2) is 23.8 Å². The smallest absolute Gasteiger partial charge is 0.287 e. The average molecular weight is 468 g/mol. The molecule has 5 rings (SSSR count). The average Bonchev–Trinajstić information content (AvgIpc) is 3.45. The van der Waals surface area contributed by atoms with Gasteiger partial charge in [0.05, 0.1) is 17.0 Å². The molecule has 3 aromatic rings. The van der Waals surface area contributed by atoms with Gasteiger partial charge < -0.3 is 9.84 Å². The zero-order chi connectivity index (χ0) is 23.7. The van der Waals surface area contributed by atoms with Gasteiger partial charge in [-0.1, -0.05) is 5.16 Å². The molecular formula is C23H22F2N6O3. The third-order valence-electron chi connectivity index (χ3n) is 6.10. The Hall–Kier alpha value is -3.73. The Morgan fingerprint density at radius 2 is 1.94 bits per heavy atom. The molecule has 2 N–H and O–H groups in total. The molecule has 1 aromatic carbocycles. The zero-order valence-electron chi connectivity index (χ0n) is 18.1. The number of carbonyl (C=O) groups is 2. The molecule has 0 radical (unpaired) electrons. The van der Waals surface area contributed by atoms with E-state index in [-0.39, 0.29) is 28.8 Å². The number of nitrogens with one attached hydrogen (secondary N) is 2. The van der Waals surface area contributed by atoms with Crippen molar-refractivity contribution in [1.29, 1.82) is 0 Å². The molecule has 2 fully saturated rings. The van der Waals surface area contributed by atoms with Crippen molar-refractivity contribution in [3.05, 3.63) is 65.9 Å². The van der Waals surface area contributed by atoms with Crippen LogP contribution >= 0.6 is 0 Å². The maximum atomic E-state index is 14.0. The Morgan fingerprint density at radius 1 is 1.15 bits per heavy atom. The van der Waals surface area contributed by atoms with E-state index in [2.05, 4.69) is 25.9 Å². The van der Waals surface area contributed by atoms with E-state index in [1.807, 2.05) is 0 Å². The predicted molar refractivity (Wildman–Crippen MR) is 115 cm³/mol. The standard InChI is InChI=1S/C23H22F2N6O3/c24-15-4-5-16(17(25)11-15)19-12-18(30-34-19)21(33)29-31-10-1-3-14(13-31)20(32)28-23(6-7-23)22-26-8-2-9-27-22/h2,4-5,8-9,11-12,14H,1,3,6-7,10,13H2,(H,28,32)(H,29,33). The van der Waals surface area contributed by atoms with Crippen LogP contribution in [0.5, 0.6) is 0 Å². The Balaban J connectivity index is 1.20. The Kier molecular flexibility index (Phi) is 5.78. The summed E-state index contributed by atoms with van der Waals surface area (Å²) in [7, 11) is 0. The van der Waals surface area contributed by atoms with Crippen LogP contribution in [0.15, 0.2) is 47.2 Å². The molecule has 11 heteroatoms. The fourth-order valence-corrected chi connectivity index (χ4v) is 4.11. The maximum Gasteiger partial charge on any atom is 0.287 e. The van der Waals surface area contributed by atoms with Crippen LogP contribution in [0.1, 0.15) is 42.0 Å². The molecule has 1 unspecified atom stereocenters. The molecule has 0 bridgehead atoms. The van der Waals surface area contributed by atoms with E-state index < -0.39 is 23.1 Å². The topological polar surface area (TPSA) is 113 Å². The number of rotatable bonds is 6. The van der Waals surface area contributed by atoms with Crippen LogP contribution in [0, 0.1) is 17.6 Å². The first-order valence-electron chi connectivity index (χ1n) is 11.0. The predicted octanol–water partition coefficient (Wildman–Crippen LogP) is 2.57. The molecule has 2 aliphatic rings. The molecule has 34 heavy (non-hydrogen) atoms. The summed E-state index contributed by atoms with van der Waals surface area (Å²) in [5.41, 5.74) is 2.18. The highest BCUT2D eigenvalue weighted by Crippen LogP contribution is 2.43. The number of nitrogens with zero attached hydrogens (tertiary/aromatic N) is 4. The van der Waals surface area contributed by atoms with Crippen LogP contribution < -0.4 is 10.7 Å². The molecule has 3 heterocycles. The summed E-state index contributed by atoms with van der Waals surface area (Å²) in [5, 5.41) is 8.46. The second kappa shape index (κ2) is 8.90. The van der Waals surface area contributed by atoms with Crippen LogP contribution in [0.2, 0.25) is 0 Å². The van der Waals surface area contributed by atoms with Crippen molar-refractivity contribution in [2.45, 2.75) is 31.2 Å². The number of amides is 2. The van der Waals surface area contributed by atoms with E-state index in [9.17, 15) is 18.4 Å². The molecule has 2 aromatic heterocycles. The third-order valence-corrected chi connectivity index (χ3v) is 6.10. The number of aromatic nitrogens is 3. The largest absolute Gasteiger partial charge is 0.355 e. The van der Waals surface area contributed by atoms with Gasteiger partial charge in [-0.15, -0.1) is 0 Å². The van der Waals surface area contributed by atoms with E-state index in [1.165, 1.54) is 12.1 Å². The molecule has 176 valence electrons. The third kappa shape index (κ3) is 4.51. The molecule has 1 aliphatic heterocycles. The minimum absolute atomic E-state index is 0.000872. The Labute approximate surface area is 193 Å². The molecule has 1 atom stereocenters. The SMILES string of the molecule is O=C(NN1CCCC(C(=O)NC2(c3ncccn3)CC2)C1)c1cc(-c2ccc(F)cc2F)on1. The van der Waals surface area contributed by atoms with Gasteiger partial charge in [0.15, 0.2) is 17.3 Å². The highest BCUT2D eigenvalue weighted by Gasteiger charge is 2.49. The lowest BCUT2D eigenvalue weighted by Gasteiger charge is -2.32. The van der Waals surface area contributed by atoms with Crippen molar-refractivity contribution in [3.8, 4) is 11.3 Å². The summed E-state index contributed by atoms with van der Waals surface area (Å²) in [4.78, 5) is 34.2. The van der Waals surface area contributed by atoms with Crippen LogP contribution in [-0.2, 0) is 10.3 Å². The Morgan fingerprint density at radius 3 is 2.68 bits per heavy atom. The molecule has 9 nitrogen and oxygen atoms in total. The summed E-state index contributed by atoms with van der Waals surface area (Å²) in [6.45, 7) is 0.903. The van der Waals surface area contributed by atoms with Gasteiger partial charge in [-0.05, 0) is 43.9 Å². The molecule has 1 aliphatic carbocycles. The lowest BCUT2D eigenvalue weighted by molar-refractivity contribution is -0.128. The van der Waals surface area contributed by atoms with E-state index in [0.717, 1.165) is 31.4 Å². The second-order valence-corrected chi connectivity index (χ2v) is 8.57. The highest BCUT2D eigenvalue weighted by molar-refractivity contribution is 5.92. The van der Waals surface area contributed by atoms with Gasteiger partial charge in [0.2, 0.25) is 5.91 Å². The summed E-state index contributed by atoms with van der Waals surface area (Å²) in [6, 6.07) is 6.06. The van der Waals surface area contributed by atoms with E-state index in [1.54, 1.807) is 23.5 Å². The second-order valence-electron chi connectivity index (χ2n) is 8.57. The summed E-state index contributed by atoms with van der Waals surface area (Å²) in [6.07, 6.45) is 6.32. The lowest BCUT2D eigenvalue weighted by Crippen LogP contribution is -2.52. The first-order chi connectivity index (χ1) is 16.4. The van der Waals surface area contributed by atoms with Crippen molar-refractivity contribution in [3.63, 3.8) is 0 Å². The van der Waals surface area contributed by atoms with Crippen molar-refractivity contribution in [1.82, 2.24) is 30.9 Å². The van der Waals surface area contributed by atoms with Gasteiger partial charge in [0.1, 0.15) is 11.6 Å². The Bertz CT molecular complexity index is 1210. The monoisotopic (exact) mass is 468 g/mol. The number of piperidine rings is 1. The van der Waals surface area contributed by atoms with Crippen molar-refractivity contribution >= 4 is 11.8 Å². The molecule has 1 saturated heterocycles. The normalized spacial score (nSPS) is 19.4. The van der Waals surface area contributed by atoms with Crippen LogP contribution in [0.25, 0.3) is 11.3 Å². The highest BCUT2D eigenvalue weighted by atomic mass is 19.1. The van der Waals surface area contributed by atoms with Crippen LogP contribution in [0.4, 0.5) is 8.78 Å². The fraction of sp³-hybridized carbons (Fsp3) is 0.348. The minimum atomic E-state index is -0.817. The lowest BCUT2D eigenvalue weighted by atomic mass is 9.97. The minimum Gasteiger partial charge on any atom is -0.355 e. The van der Waals surface area contributed by atoms with Gasteiger partial charge >= 0.3 is 0 Å². The maximum absolute atomic E-state index is 14.0. The molecule has 0 spiro atoms. The number of carbonyl (C=O) groups excluding carboxylic acids is 2. The van der Waals surface area contributed by atoms with E-state index in [4.69, 9.17) is 4.52 Å². The van der Waals surface area contributed by atoms with Crippen LogP contribution in [0.3, 0.4) is 0 Å². The zero-order valence-corrected chi connectivity index (χ0v) is 18.1. The molecule has 2 amide bonds. The molecule has 1 saturated carbocycles. The number of hydrazine groups is 1. The van der Waals surface area contributed by atoms with Crippen molar-refractivity contribution < 1.29 is 22.9 Å². The summed E-state index contributed by atoms with van der Waals surface area (Å²) in [5.74, 6) is -1.86. The van der Waals surface area contributed by atoms with E-state index in [0.29, 0.717) is 25.3 Å².